The second kappa shape index (κ2) is 11.8. The summed E-state index contributed by atoms with van der Waals surface area (Å²) >= 11 is 5.93. The Balaban J connectivity index is 1.91. The third kappa shape index (κ3) is 8.41. The van der Waals surface area contributed by atoms with Crippen molar-refractivity contribution in [1.29, 1.82) is 0 Å². The molecule has 0 radical (unpaired) electrons. The Morgan fingerprint density at radius 1 is 0.943 bits per heavy atom. The molecule has 0 fully saturated rings. The molecule has 0 saturated heterocycles. The Morgan fingerprint density at radius 3 is 2.17 bits per heavy atom. The number of nitrogens with zero attached hydrogens (tertiary/aromatic N) is 1. The van der Waals surface area contributed by atoms with E-state index in [0.717, 1.165) is 5.56 Å². The quantitative estimate of drug-likeness (QED) is 0.430. The van der Waals surface area contributed by atoms with Crippen LogP contribution in [0.2, 0.25) is 5.02 Å². The van der Waals surface area contributed by atoms with Gasteiger partial charge in [-0.1, -0.05) is 54.1 Å². The zero-order valence-corrected chi connectivity index (χ0v) is 20.9. The Kier molecular flexibility index (Phi) is 8.88. The SMILES string of the molecule is CC(C)(C)NC(=O)[C@H](Cc1ccccc1)N(Cc1ccc(F)cc1)C(=O)COc1ccc(Cl)cc1. The molecule has 3 aromatic carbocycles. The van der Waals surface area contributed by atoms with Crippen LogP contribution >= 0.6 is 11.6 Å². The summed E-state index contributed by atoms with van der Waals surface area (Å²) in [6.45, 7) is 5.52. The zero-order valence-electron chi connectivity index (χ0n) is 20.1. The maximum Gasteiger partial charge on any atom is 0.261 e. The molecule has 0 bridgehead atoms. The van der Waals surface area contributed by atoms with E-state index < -0.39 is 11.6 Å². The minimum atomic E-state index is -0.803. The molecule has 3 rings (SSSR count). The van der Waals surface area contributed by atoms with Crippen LogP contribution in [0.5, 0.6) is 5.75 Å². The summed E-state index contributed by atoms with van der Waals surface area (Å²) in [5, 5.41) is 3.56. The largest absolute Gasteiger partial charge is 0.484 e. The summed E-state index contributed by atoms with van der Waals surface area (Å²) in [6.07, 6.45) is 0.316. The average molecular weight is 497 g/mol. The van der Waals surface area contributed by atoms with Crippen LogP contribution in [0.15, 0.2) is 78.9 Å². The van der Waals surface area contributed by atoms with Crippen molar-refractivity contribution in [2.75, 3.05) is 6.61 Å². The second-order valence-corrected chi connectivity index (χ2v) is 9.77. The lowest BCUT2D eigenvalue weighted by molar-refractivity contribution is -0.143. The van der Waals surface area contributed by atoms with E-state index in [9.17, 15) is 14.0 Å². The monoisotopic (exact) mass is 496 g/mol. The molecule has 0 aromatic heterocycles. The minimum absolute atomic E-state index is 0.123. The van der Waals surface area contributed by atoms with Gasteiger partial charge in [-0.2, -0.15) is 0 Å². The zero-order chi connectivity index (χ0) is 25.4. The van der Waals surface area contributed by atoms with Crippen molar-refractivity contribution in [3.63, 3.8) is 0 Å². The van der Waals surface area contributed by atoms with Crippen molar-refractivity contribution >= 4 is 23.4 Å². The molecule has 35 heavy (non-hydrogen) atoms. The van der Waals surface area contributed by atoms with Gasteiger partial charge in [0.15, 0.2) is 6.61 Å². The molecule has 0 aliphatic heterocycles. The summed E-state index contributed by atoms with van der Waals surface area (Å²) in [4.78, 5) is 28.4. The highest BCUT2D eigenvalue weighted by molar-refractivity contribution is 6.30. The van der Waals surface area contributed by atoms with Crippen molar-refractivity contribution < 1.29 is 18.7 Å². The fraction of sp³-hybridized carbons (Fsp3) is 0.286. The van der Waals surface area contributed by atoms with Gasteiger partial charge < -0.3 is 15.0 Å². The van der Waals surface area contributed by atoms with Crippen LogP contribution in [0.3, 0.4) is 0 Å². The molecule has 0 heterocycles. The lowest BCUT2D eigenvalue weighted by Gasteiger charge is -2.33. The third-order valence-corrected chi connectivity index (χ3v) is 5.46. The first-order valence-electron chi connectivity index (χ1n) is 11.4. The maximum absolute atomic E-state index is 13.5. The maximum atomic E-state index is 13.5. The Morgan fingerprint density at radius 2 is 1.57 bits per heavy atom. The summed E-state index contributed by atoms with van der Waals surface area (Å²) in [5.41, 5.74) is 1.13. The number of ether oxygens (including phenoxy) is 1. The number of carbonyl (C=O) groups is 2. The molecule has 0 saturated carbocycles. The van der Waals surface area contributed by atoms with E-state index in [1.165, 1.54) is 17.0 Å². The van der Waals surface area contributed by atoms with E-state index in [1.54, 1.807) is 36.4 Å². The number of hydrogen-bond donors (Lipinski definition) is 1. The van der Waals surface area contributed by atoms with Crippen LogP contribution in [0, 0.1) is 5.82 Å². The first-order chi connectivity index (χ1) is 16.6. The van der Waals surface area contributed by atoms with Gasteiger partial charge in [0.1, 0.15) is 17.6 Å². The molecule has 2 amide bonds. The molecule has 0 spiro atoms. The number of benzene rings is 3. The Labute approximate surface area is 210 Å². The van der Waals surface area contributed by atoms with Crippen molar-refractivity contribution in [3.05, 3.63) is 101 Å². The van der Waals surface area contributed by atoms with Gasteiger partial charge >= 0.3 is 0 Å². The first-order valence-corrected chi connectivity index (χ1v) is 11.8. The topological polar surface area (TPSA) is 58.6 Å². The van der Waals surface area contributed by atoms with E-state index in [4.69, 9.17) is 16.3 Å². The normalized spacial score (nSPS) is 12.0. The van der Waals surface area contributed by atoms with Gasteiger partial charge in [-0.05, 0) is 68.3 Å². The van der Waals surface area contributed by atoms with Gasteiger partial charge in [0, 0.05) is 23.5 Å². The smallest absolute Gasteiger partial charge is 0.261 e. The van der Waals surface area contributed by atoms with Gasteiger partial charge in [0.2, 0.25) is 5.91 Å². The third-order valence-electron chi connectivity index (χ3n) is 5.21. The van der Waals surface area contributed by atoms with Gasteiger partial charge in [-0.25, -0.2) is 4.39 Å². The molecule has 1 atom stereocenters. The van der Waals surface area contributed by atoms with E-state index in [1.807, 2.05) is 51.1 Å². The second-order valence-electron chi connectivity index (χ2n) is 9.34. The first kappa shape index (κ1) is 26.2. The van der Waals surface area contributed by atoms with Crippen LogP contribution < -0.4 is 10.1 Å². The van der Waals surface area contributed by atoms with Crippen LogP contribution in [0.1, 0.15) is 31.9 Å². The standard InChI is InChI=1S/C28H30ClFN2O3/c1-28(2,3)31-27(34)25(17-20-7-5-4-6-8-20)32(18-21-9-13-23(30)14-10-21)26(33)19-35-24-15-11-22(29)12-16-24/h4-16,25H,17-19H2,1-3H3,(H,31,34)/t25-/m0/s1. The summed E-state index contributed by atoms with van der Waals surface area (Å²) in [6, 6.07) is 21.3. The summed E-state index contributed by atoms with van der Waals surface area (Å²) in [5.74, 6) is -0.523. The molecule has 0 unspecified atom stereocenters. The molecule has 1 N–H and O–H groups in total. The fourth-order valence-electron chi connectivity index (χ4n) is 3.55. The van der Waals surface area contributed by atoms with Crippen LogP contribution in [-0.4, -0.2) is 34.9 Å². The highest BCUT2D eigenvalue weighted by Gasteiger charge is 2.32. The fourth-order valence-corrected chi connectivity index (χ4v) is 3.68. The van der Waals surface area contributed by atoms with Gasteiger partial charge in [0.05, 0.1) is 0 Å². The highest BCUT2D eigenvalue weighted by atomic mass is 35.5. The number of nitrogens with one attached hydrogen (secondary N) is 1. The van der Waals surface area contributed by atoms with Gasteiger partial charge in [-0.3, -0.25) is 9.59 Å². The van der Waals surface area contributed by atoms with Gasteiger partial charge in [-0.15, -0.1) is 0 Å². The predicted molar refractivity (Wildman–Crippen MR) is 136 cm³/mol. The van der Waals surface area contributed by atoms with Crippen molar-refractivity contribution in [2.45, 2.75) is 45.3 Å². The molecule has 184 valence electrons. The van der Waals surface area contributed by atoms with E-state index in [0.29, 0.717) is 22.8 Å². The van der Waals surface area contributed by atoms with Crippen LogP contribution in [-0.2, 0) is 22.6 Å². The molecular formula is C28H30ClFN2O3. The molecule has 0 aliphatic carbocycles. The highest BCUT2D eigenvalue weighted by Crippen LogP contribution is 2.19. The molecule has 7 heteroatoms. The lowest BCUT2D eigenvalue weighted by atomic mass is 10.0. The molecule has 3 aromatic rings. The van der Waals surface area contributed by atoms with E-state index in [2.05, 4.69) is 5.32 Å². The van der Waals surface area contributed by atoms with E-state index in [-0.39, 0.29) is 30.8 Å². The van der Waals surface area contributed by atoms with Crippen molar-refractivity contribution in [3.8, 4) is 5.75 Å². The Bertz CT molecular complexity index is 1110. The van der Waals surface area contributed by atoms with E-state index >= 15 is 0 Å². The number of amides is 2. The van der Waals surface area contributed by atoms with Crippen LogP contribution in [0.25, 0.3) is 0 Å². The molecule has 5 nitrogen and oxygen atoms in total. The average Bonchev–Trinajstić information content (AvgIpc) is 2.81. The lowest BCUT2D eigenvalue weighted by Crippen LogP contribution is -2.55. The van der Waals surface area contributed by atoms with Crippen LogP contribution in [0.4, 0.5) is 4.39 Å². The van der Waals surface area contributed by atoms with Crippen molar-refractivity contribution in [2.24, 2.45) is 0 Å². The number of rotatable bonds is 9. The Hall–Kier alpha value is -3.38. The van der Waals surface area contributed by atoms with Gasteiger partial charge in [0.25, 0.3) is 5.91 Å². The van der Waals surface area contributed by atoms with Crippen molar-refractivity contribution in [1.82, 2.24) is 10.2 Å². The number of halogens is 2. The summed E-state index contributed by atoms with van der Waals surface area (Å²) < 4.78 is 19.2. The minimum Gasteiger partial charge on any atom is -0.484 e. The molecule has 0 aliphatic rings. The summed E-state index contributed by atoms with van der Waals surface area (Å²) in [7, 11) is 0. The number of carbonyl (C=O) groups excluding carboxylic acids is 2. The molecular weight excluding hydrogens is 467 g/mol. The number of hydrogen-bond acceptors (Lipinski definition) is 3. The predicted octanol–water partition coefficient (Wildman–Crippen LogP) is 5.41.